The van der Waals surface area contributed by atoms with Crippen molar-refractivity contribution < 1.29 is 4.79 Å². The van der Waals surface area contributed by atoms with Crippen molar-refractivity contribution in [3.63, 3.8) is 0 Å². The quantitative estimate of drug-likeness (QED) is 0.460. The highest BCUT2D eigenvalue weighted by molar-refractivity contribution is 5.80. The summed E-state index contributed by atoms with van der Waals surface area (Å²) in [7, 11) is 0. The largest absolute Gasteiger partial charge is 0.348 e. The molecule has 0 aliphatic carbocycles. The first-order valence-electron chi connectivity index (χ1n) is 8.48. The number of rotatable bonds is 7. The molecule has 9 nitrogen and oxygen atoms in total. The number of aromatic nitrogens is 7. The fraction of sp³-hybridized carbons (Fsp3) is 0.167. The molecule has 4 aromatic heterocycles. The maximum Gasteiger partial charge on any atom is 0.243 e. The molecule has 0 radical (unpaired) electrons. The van der Waals surface area contributed by atoms with Crippen LogP contribution in [-0.4, -0.2) is 40.6 Å². The fourth-order valence-corrected chi connectivity index (χ4v) is 2.79. The molecule has 27 heavy (non-hydrogen) atoms. The van der Waals surface area contributed by atoms with E-state index < -0.39 is 0 Å². The number of nitrogens with one attached hydrogen (secondary N) is 3. The van der Waals surface area contributed by atoms with Gasteiger partial charge in [0, 0.05) is 48.7 Å². The Balaban J connectivity index is 1.43. The second kappa shape index (κ2) is 7.65. The summed E-state index contributed by atoms with van der Waals surface area (Å²) in [5.41, 5.74) is 1.76. The van der Waals surface area contributed by atoms with E-state index in [-0.39, 0.29) is 18.5 Å². The summed E-state index contributed by atoms with van der Waals surface area (Å²) in [6, 6.07) is 7.06. The van der Waals surface area contributed by atoms with E-state index in [1.165, 1.54) is 0 Å². The average Bonchev–Trinajstić information content (AvgIpc) is 3.47. The lowest BCUT2D eigenvalue weighted by Gasteiger charge is -2.17. The Labute approximate surface area is 154 Å². The number of nitrogens with zero attached hydrogens (tertiary/aromatic N) is 5. The molecule has 4 aromatic rings. The molecule has 9 heteroatoms. The smallest absolute Gasteiger partial charge is 0.243 e. The van der Waals surface area contributed by atoms with Crippen LogP contribution in [0.2, 0.25) is 0 Å². The second-order valence-corrected chi connectivity index (χ2v) is 5.99. The van der Waals surface area contributed by atoms with Gasteiger partial charge in [0.15, 0.2) is 5.82 Å². The predicted molar refractivity (Wildman–Crippen MR) is 97.2 cm³/mol. The molecule has 1 atom stereocenters. The molecule has 0 aromatic carbocycles. The minimum absolute atomic E-state index is 0.109. The van der Waals surface area contributed by atoms with Gasteiger partial charge in [0.25, 0.3) is 0 Å². The van der Waals surface area contributed by atoms with Crippen LogP contribution in [0.3, 0.4) is 0 Å². The van der Waals surface area contributed by atoms with Crippen LogP contribution in [0.5, 0.6) is 0 Å². The third-order valence-corrected chi connectivity index (χ3v) is 4.16. The van der Waals surface area contributed by atoms with Crippen LogP contribution in [0.1, 0.15) is 17.6 Å². The highest BCUT2D eigenvalue weighted by Crippen LogP contribution is 2.15. The van der Waals surface area contributed by atoms with Crippen LogP contribution >= 0.6 is 0 Å². The van der Waals surface area contributed by atoms with Gasteiger partial charge in [0.2, 0.25) is 5.91 Å². The minimum atomic E-state index is -0.386. The van der Waals surface area contributed by atoms with Crippen LogP contribution < -0.4 is 5.32 Å². The van der Waals surface area contributed by atoms with Crippen LogP contribution in [0.25, 0.3) is 11.4 Å². The monoisotopic (exact) mass is 362 g/mol. The van der Waals surface area contributed by atoms with Crippen molar-refractivity contribution in [2.75, 3.05) is 0 Å². The fourth-order valence-electron chi connectivity index (χ4n) is 2.79. The van der Waals surface area contributed by atoms with Gasteiger partial charge in [-0.2, -0.15) is 5.10 Å². The molecule has 0 bridgehead atoms. The first-order valence-corrected chi connectivity index (χ1v) is 8.48. The summed E-state index contributed by atoms with van der Waals surface area (Å²) in [5, 5.41) is 9.97. The van der Waals surface area contributed by atoms with Gasteiger partial charge in [-0.1, -0.05) is 0 Å². The van der Waals surface area contributed by atoms with Gasteiger partial charge in [-0.15, -0.1) is 0 Å². The molecule has 136 valence electrons. The number of carbonyl (C=O) groups is 1. The summed E-state index contributed by atoms with van der Waals surface area (Å²) in [6.45, 7) is 0.262. The lowest BCUT2D eigenvalue weighted by molar-refractivity contribution is -0.124. The van der Waals surface area contributed by atoms with Crippen molar-refractivity contribution in [3.8, 4) is 11.4 Å². The molecule has 0 aliphatic rings. The number of amides is 1. The van der Waals surface area contributed by atoms with E-state index in [1.54, 1.807) is 24.9 Å². The lowest BCUT2D eigenvalue weighted by Crippen LogP contribution is -2.33. The number of pyridine rings is 1. The van der Waals surface area contributed by atoms with E-state index in [4.69, 9.17) is 0 Å². The SMILES string of the molecule is O=C(NCc1nc(-c2ccncc2)n[nH]1)[C@H](Cc1cnc[nH]1)n1cccc1. The summed E-state index contributed by atoms with van der Waals surface area (Å²) in [6.07, 6.45) is 11.0. The topological polar surface area (TPSA) is 117 Å². The van der Waals surface area contributed by atoms with Crippen LogP contribution in [-0.2, 0) is 17.8 Å². The lowest BCUT2D eigenvalue weighted by atomic mass is 10.1. The van der Waals surface area contributed by atoms with Crippen molar-refractivity contribution in [3.05, 3.63) is 73.1 Å². The summed E-state index contributed by atoms with van der Waals surface area (Å²) < 4.78 is 1.87. The highest BCUT2D eigenvalue weighted by atomic mass is 16.2. The van der Waals surface area contributed by atoms with Crippen LogP contribution in [0, 0.1) is 0 Å². The summed E-state index contributed by atoms with van der Waals surface area (Å²) in [4.78, 5) is 28.2. The minimum Gasteiger partial charge on any atom is -0.348 e. The molecule has 3 N–H and O–H groups in total. The average molecular weight is 362 g/mol. The van der Waals surface area contributed by atoms with Gasteiger partial charge in [0.05, 0.1) is 12.9 Å². The number of imidazole rings is 1. The zero-order chi connectivity index (χ0) is 18.5. The molecular formula is C18H18N8O. The van der Waals surface area contributed by atoms with Gasteiger partial charge in [-0.3, -0.25) is 14.9 Å². The van der Waals surface area contributed by atoms with E-state index in [2.05, 4.69) is 35.5 Å². The van der Waals surface area contributed by atoms with E-state index >= 15 is 0 Å². The number of aromatic amines is 2. The molecule has 0 aliphatic heterocycles. The van der Waals surface area contributed by atoms with Crippen molar-refractivity contribution in [1.29, 1.82) is 0 Å². The third kappa shape index (κ3) is 3.92. The maximum atomic E-state index is 12.8. The molecule has 4 rings (SSSR count). The third-order valence-electron chi connectivity index (χ3n) is 4.16. The number of carbonyl (C=O) groups excluding carboxylic acids is 1. The molecule has 0 saturated carbocycles. The van der Waals surface area contributed by atoms with Crippen LogP contribution in [0.4, 0.5) is 0 Å². The van der Waals surface area contributed by atoms with Crippen LogP contribution in [0.15, 0.2) is 61.6 Å². The molecular weight excluding hydrogens is 344 g/mol. The Bertz CT molecular complexity index is 976. The Morgan fingerprint density at radius 1 is 1.19 bits per heavy atom. The number of H-pyrrole nitrogens is 2. The van der Waals surface area contributed by atoms with Gasteiger partial charge in [0.1, 0.15) is 11.9 Å². The first-order chi connectivity index (χ1) is 13.3. The van der Waals surface area contributed by atoms with E-state index in [0.29, 0.717) is 18.1 Å². The molecule has 4 heterocycles. The first kappa shape index (κ1) is 16.7. The Morgan fingerprint density at radius 2 is 2.00 bits per heavy atom. The Morgan fingerprint density at radius 3 is 2.74 bits per heavy atom. The van der Waals surface area contributed by atoms with Crippen molar-refractivity contribution in [2.24, 2.45) is 0 Å². The Kier molecular flexibility index (Phi) is 4.73. The standard InChI is InChI=1S/C18H18N8O/c27-18(15(26-7-1-2-8-26)9-14-10-20-12-22-14)21-11-16-23-17(25-24-16)13-3-5-19-6-4-13/h1-8,10,12,15H,9,11H2,(H,20,22)(H,21,27)(H,23,24,25)/t15-/m0/s1. The molecule has 1 amide bonds. The zero-order valence-corrected chi connectivity index (χ0v) is 14.4. The van der Waals surface area contributed by atoms with Gasteiger partial charge < -0.3 is 14.9 Å². The molecule has 0 saturated heterocycles. The summed E-state index contributed by atoms with van der Waals surface area (Å²) in [5.74, 6) is 1.05. The molecule has 0 fully saturated rings. The zero-order valence-electron chi connectivity index (χ0n) is 14.4. The Hall–Kier alpha value is -3.75. The number of hydrogen-bond acceptors (Lipinski definition) is 5. The second-order valence-electron chi connectivity index (χ2n) is 5.99. The number of hydrogen-bond donors (Lipinski definition) is 3. The predicted octanol–water partition coefficient (Wildman–Crippen LogP) is 1.49. The van der Waals surface area contributed by atoms with E-state index in [9.17, 15) is 4.79 Å². The molecule has 0 unspecified atom stereocenters. The van der Waals surface area contributed by atoms with E-state index in [0.717, 1.165) is 11.3 Å². The van der Waals surface area contributed by atoms with Gasteiger partial charge in [-0.05, 0) is 24.3 Å². The summed E-state index contributed by atoms with van der Waals surface area (Å²) >= 11 is 0. The molecule has 0 spiro atoms. The normalized spacial score (nSPS) is 12.0. The van der Waals surface area contributed by atoms with Gasteiger partial charge >= 0.3 is 0 Å². The van der Waals surface area contributed by atoms with Crippen molar-refractivity contribution in [2.45, 2.75) is 19.0 Å². The van der Waals surface area contributed by atoms with E-state index in [1.807, 2.05) is 41.2 Å². The van der Waals surface area contributed by atoms with Gasteiger partial charge in [-0.25, -0.2) is 9.97 Å². The van der Waals surface area contributed by atoms with Crippen molar-refractivity contribution in [1.82, 2.24) is 40.0 Å². The van der Waals surface area contributed by atoms with Crippen molar-refractivity contribution >= 4 is 5.91 Å². The maximum absolute atomic E-state index is 12.8. The highest BCUT2D eigenvalue weighted by Gasteiger charge is 2.21.